The smallest absolute Gasteiger partial charge is 0.204 e. The Labute approximate surface area is 116 Å². The van der Waals surface area contributed by atoms with Crippen molar-refractivity contribution in [3.8, 4) is 0 Å². The molecule has 0 saturated carbocycles. The van der Waals surface area contributed by atoms with Crippen LogP contribution in [0.2, 0.25) is 0 Å². The van der Waals surface area contributed by atoms with Crippen LogP contribution in [0, 0.1) is 0 Å². The number of benzene rings is 2. The molecular weight excluding hydrogens is 254 g/mol. The van der Waals surface area contributed by atoms with E-state index in [1.165, 1.54) is 4.80 Å². The molecule has 0 aliphatic heterocycles. The Hall–Kier alpha value is -2.47. The van der Waals surface area contributed by atoms with E-state index in [1.54, 1.807) is 7.05 Å². The van der Waals surface area contributed by atoms with Crippen LogP contribution in [0.3, 0.4) is 0 Å². The maximum atomic E-state index is 10.0. The summed E-state index contributed by atoms with van der Waals surface area (Å²) in [6, 6.07) is 14.1. The van der Waals surface area contributed by atoms with Gasteiger partial charge in [-0.15, -0.1) is 10.2 Å². The summed E-state index contributed by atoms with van der Waals surface area (Å²) in [5.74, 6) is 0.320. The molecule has 0 saturated heterocycles. The minimum Gasteiger partial charge on any atom is -0.383 e. The minimum atomic E-state index is -0.789. The van der Waals surface area contributed by atoms with Gasteiger partial charge in [-0.05, 0) is 16.7 Å². The van der Waals surface area contributed by atoms with Gasteiger partial charge in [0.15, 0.2) is 0 Å². The highest BCUT2D eigenvalue weighted by Crippen LogP contribution is 2.23. The number of aliphatic hydroxyl groups is 1. The standard InChI is InChI=1S/C14H15N5O/c1-19-17-14(16-18-19)13(20)9-15-12-8-4-6-10-5-2-3-7-11(10)12/h2-8,13,15,20H,9H2,1H3. The quantitative estimate of drug-likeness (QED) is 0.751. The number of anilines is 1. The van der Waals surface area contributed by atoms with Crippen LogP contribution in [0.25, 0.3) is 10.8 Å². The second-order valence-electron chi connectivity index (χ2n) is 4.56. The average molecular weight is 269 g/mol. The molecule has 3 aromatic rings. The van der Waals surface area contributed by atoms with Gasteiger partial charge in [-0.25, -0.2) is 0 Å². The van der Waals surface area contributed by atoms with Crippen molar-refractivity contribution in [2.24, 2.45) is 7.05 Å². The first-order valence-corrected chi connectivity index (χ1v) is 6.37. The normalized spacial score (nSPS) is 12.5. The van der Waals surface area contributed by atoms with Gasteiger partial charge in [0.2, 0.25) is 5.82 Å². The van der Waals surface area contributed by atoms with Crippen molar-refractivity contribution in [1.82, 2.24) is 20.2 Å². The minimum absolute atomic E-state index is 0.320. The molecule has 0 aliphatic carbocycles. The average Bonchev–Trinajstić information content (AvgIpc) is 2.91. The topological polar surface area (TPSA) is 75.9 Å². The highest BCUT2D eigenvalue weighted by molar-refractivity contribution is 5.93. The third-order valence-electron chi connectivity index (χ3n) is 3.10. The fraction of sp³-hybridized carbons (Fsp3) is 0.214. The van der Waals surface area contributed by atoms with Crippen molar-refractivity contribution in [1.29, 1.82) is 0 Å². The summed E-state index contributed by atoms with van der Waals surface area (Å²) in [6.45, 7) is 0.333. The van der Waals surface area contributed by atoms with Gasteiger partial charge in [0, 0.05) is 17.6 Å². The zero-order valence-electron chi connectivity index (χ0n) is 11.1. The SMILES string of the molecule is Cn1nnc(C(O)CNc2cccc3ccccc23)n1. The largest absolute Gasteiger partial charge is 0.383 e. The van der Waals surface area contributed by atoms with Crippen LogP contribution < -0.4 is 5.32 Å². The van der Waals surface area contributed by atoms with Gasteiger partial charge < -0.3 is 10.4 Å². The number of hydrogen-bond donors (Lipinski definition) is 2. The molecule has 6 nitrogen and oxygen atoms in total. The number of aliphatic hydroxyl groups excluding tert-OH is 1. The molecule has 0 spiro atoms. The molecule has 102 valence electrons. The van der Waals surface area contributed by atoms with Crippen molar-refractivity contribution in [3.63, 3.8) is 0 Å². The Kier molecular flexibility index (Phi) is 3.30. The zero-order valence-corrected chi connectivity index (χ0v) is 11.1. The molecule has 2 aromatic carbocycles. The number of fused-ring (bicyclic) bond motifs is 1. The van der Waals surface area contributed by atoms with Crippen LogP contribution in [-0.4, -0.2) is 31.9 Å². The van der Waals surface area contributed by atoms with Crippen molar-refractivity contribution < 1.29 is 5.11 Å². The third-order valence-corrected chi connectivity index (χ3v) is 3.10. The predicted octanol–water partition coefficient (Wildman–Crippen LogP) is 1.51. The molecular formula is C14H15N5O. The highest BCUT2D eigenvalue weighted by Gasteiger charge is 2.13. The molecule has 20 heavy (non-hydrogen) atoms. The molecule has 1 heterocycles. The Balaban J connectivity index is 1.77. The molecule has 0 bridgehead atoms. The first-order chi connectivity index (χ1) is 9.74. The van der Waals surface area contributed by atoms with E-state index in [2.05, 4.69) is 32.9 Å². The fourth-order valence-corrected chi connectivity index (χ4v) is 2.11. The van der Waals surface area contributed by atoms with E-state index in [0.717, 1.165) is 16.5 Å². The van der Waals surface area contributed by atoms with Crippen molar-refractivity contribution >= 4 is 16.5 Å². The van der Waals surface area contributed by atoms with Crippen LogP contribution in [-0.2, 0) is 7.05 Å². The number of hydrogen-bond acceptors (Lipinski definition) is 5. The van der Waals surface area contributed by atoms with E-state index in [9.17, 15) is 5.11 Å². The third kappa shape index (κ3) is 2.46. The Bertz CT molecular complexity index is 719. The molecule has 2 N–H and O–H groups in total. The molecule has 0 aliphatic rings. The van der Waals surface area contributed by atoms with Gasteiger partial charge >= 0.3 is 0 Å². The van der Waals surface area contributed by atoms with E-state index in [0.29, 0.717) is 12.4 Å². The second kappa shape index (κ2) is 5.26. The zero-order chi connectivity index (χ0) is 13.9. The summed E-state index contributed by atoms with van der Waals surface area (Å²) >= 11 is 0. The summed E-state index contributed by atoms with van der Waals surface area (Å²) in [4.78, 5) is 1.33. The van der Waals surface area contributed by atoms with Crippen LogP contribution >= 0.6 is 0 Å². The first-order valence-electron chi connectivity index (χ1n) is 6.37. The second-order valence-corrected chi connectivity index (χ2v) is 4.56. The maximum absolute atomic E-state index is 10.0. The van der Waals surface area contributed by atoms with Crippen LogP contribution in [0.1, 0.15) is 11.9 Å². The molecule has 0 radical (unpaired) electrons. The Morgan fingerprint density at radius 3 is 2.80 bits per heavy atom. The summed E-state index contributed by atoms with van der Waals surface area (Å²) in [7, 11) is 1.67. The lowest BCUT2D eigenvalue weighted by Gasteiger charge is -2.12. The Morgan fingerprint density at radius 1 is 1.20 bits per heavy atom. The molecule has 3 rings (SSSR count). The summed E-state index contributed by atoms with van der Waals surface area (Å²) in [5.41, 5.74) is 0.978. The molecule has 0 amide bonds. The van der Waals surface area contributed by atoms with Gasteiger partial charge in [0.05, 0.1) is 7.05 Å². The van der Waals surface area contributed by atoms with E-state index >= 15 is 0 Å². The number of aryl methyl sites for hydroxylation is 1. The van der Waals surface area contributed by atoms with E-state index in [-0.39, 0.29) is 0 Å². The summed E-state index contributed by atoms with van der Waals surface area (Å²) in [6.07, 6.45) is -0.789. The van der Waals surface area contributed by atoms with Crippen LogP contribution in [0.5, 0.6) is 0 Å². The van der Waals surface area contributed by atoms with E-state index < -0.39 is 6.10 Å². The van der Waals surface area contributed by atoms with Gasteiger partial charge in [-0.3, -0.25) is 0 Å². The van der Waals surface area contributed by atoms with Crippen molar-refractivity contribution in [2.75, 3.05) is 11.9 Å². The highest BCUT2D eigenvalue weighted by atomic mass is 16.3. The van der Waals surface area contributed by atoms with E-state index in [1.807, 2.05) is 30.3 Å². The lowest BCUT2D eigenvalue weighted by atomic mass is 10.1. The number of rotatable bonds is 4. The van der Waals surface area contributed by atoms with Gasteiger partial charge in [-0.1, -0.05) is 36.4 Å². The summed E-state index contributed by atoms with van der Waals surface area (Å²) in [5, 5.41) is 27.0. The molecule has 6 heteroatoms. The van der Waals surface area contributed by atoms with Crippen LogP contribution in [0.4, 0.5) is 5.69 Å². The fourth-order valence-electron chi connectivity index (χ4n) is 2.11. The monoisotopic (exact) mass is 269 g/mol. The van der Waals surface area contributed by atoms with Crippen LogP contribution in [0.15, 0.2) is 42.5 Å². The summed E-state index contributed by atoms with van der Waals surface area (Å²) < 4.78 is 0. The number of nitrogens with zero attached hydrogens (tertiary/aromatic N) is 4. The lowest BCUT2D eigenvalue weighted by Crippen LogP contribution is -2.14. The predicted molar refractivity (Wildman–Crippen MR) is 76.2 cm³/mol. The van der Waals surface area contributed by atoms with Gasteiger partial charge in [-0.2, -0.15) is 4.80 Å². The molecule has 1 aromatic heterocycles. The Morgan fingerprint density at radius 2 is 2.00 bits per heavy atom. The molecule has 1 unspecified atom stereocenters. The van der Waals surface area contributed by atoms with Gasteiger partial charge in [0.25, 0.3) is 0 Å². The van der Waals surface area contributed by atoms with Crippen molar-refractivity contribution in [2.45, 2.75) is 6.10 Å². The molecule has 0 fully saturated rings. The molecule has 1 atom stereocenters. The lowest BCUT2D eigenvalue weighted by molar-refractivity contribution is 0.181. The number of tetrazole rings is 1. The number of aromatic nitrogens is 4. The maximum Gasteiger partial charge on any atom is 0.204 e. The first kappa shape index (κ1) is 12.6. The number of nitrogens with one attached hydrogen (secondary N) is 1. The van der Waals surface area contributed by atoms with Gasteiger partial charge in [0.1, 0.15) is 6.10 Å². The van der Waals surface area contributed by atoms with E-state index in [4.69, 9.17) is 0 Å². The van der Waals surface area contributed by atoms with Crippen molar-refractivity contribution in [3.05, 3.63) is 48.3 Å².